The SMILES string of the molecule is C[C@@H](NC(=O)c1ccco1)C(=O)N1CCC[C@H](c2nc3ccccc3o2)C1. The number of oxazole rings is 1. The highest BCUT2D eigenvalue weighted by atomic mass is 16.3. The van der Waals surface area contributed by atoms with Crippen molar-refractivity contribution < 1.29 is 18.4 Å². The second-order valence-electron chi connectivity index (χ2n) is 6.82. The Hall–Kier alpha value is -3.09. The zero-order chi connectivity index (χ0) is 18.8. The van der Waals surface area contributed by atoms with Crippen LogP contribution in [0, 0.1) is 0 Å². The summed E-state index contributed by atoms with van der Waals surface area (Å²) in [6.07, 6.45) is 3.22. The Labute approximate surface area is 156 Å². The van der Waals surface area contributed by atoms with Gasteiger partial charge in [0.25, 0.3) is 5.91 Å². The predicted octanol–water partition coefficient (Wildman–Crippen LogP) is 2.95. The predicted molar refractivity (Wildman–Crippen MR) is 98.2 cm³/mol. The molecule has 2 amide bonds. The van der Waals surface area contributed by atoms with Crippen molar-refractivity contribution in [3.8, 4) is 0 Å². The molecule has 0 spiro atoms. The lowest BCUT2D eigenvalue weighted by Gasteiger charge is -2.33. The molecular formula is C20H21N3O4. The number of nitrogens with zero attached hydrogens (tertiary/aromatic N) is 2. The van der Waals surface area contributed by atoms with E-state index in [0.29, 0.717) is 19.0 Å². The van der Waals surface area contributed by atoms with Crippen molar-refractivity contribution in [2.45, 2.75) is 31.7 Å². The Morgan fingerprint density at radius 3 is 2.89 bits per heavy atom. The Bertz CT molecular complexity index is 914. The molecule has 7 heteroatoms. The third kappa shape index (κ3) is 3.58. The van der Waals surface area contributed by atoms with Crippen molar-refractivity contribution in [1.29, 1.82) is 0 Å². The van der Waals surface area contributed by atoms with Crippen molar-refractivity contribution in [1.82, 2.24) is 15.2 Å². The highest BCUT2D eigenvalue weighted by molar-refractivity contribution is 5.95. The summed E-state index contributed by atoms with van der Waals surface area (Å²) < 4.78 is 10.9. The van der Waals surface area contributed by atoms with Gasteiger partial charge in [-0.2, -0.15) is 0 Å². The maximum Gasteiger partial charge on any atom is 0.287 e. The molecule has 0 bridgehead atoms. The molecule has 2 aromatic heterocycles. The first-order valence-electron chi connectivity index (χ1n) is 9.10. The van der Waals surface area contributed by atoms with E-state index in [9.17, 15) is 9.59 Å². The van der Waals surface area contributed by atoms with Crippen molar-refractivity contribution in [2.24, 2.45) is 0 Å². The molecule has 140 valence electrons. The standard InChI is InChI=1S/C20H21N3O4/c1-13(21-18(24)17-9-5-11-26-17)20(25)23-10-4-6-14(12-23)19-22-15-7-2-3-8-16(15)27-19/h2-3,5,7-9,11,13-14H,4,6,10,12H2,1H3,(H,21,24)/t13-,14+/m1/s1. The monoisotopic (exact) mass is 367 g/mol. The summed E-state index contributed by atoms with van der Waals surface area (Å²) in [6.45, 7) is 2.88. The molecule has 7 nitrogen and oxygen atoms in total. The molecule has 1 saturated heterocycles. The molecule has 3 aromatic rings. The lowest BCUT2D eigenvalue weighted by atomic mass is 9.97. The molecule has 1 aliphatic heterocycles. The second-order valence-corrected chi connectivity index (χ2v) is 6.82. The fourth-order valence-corrected chi connectivity index (χ4v) is 3.45. The Morgan fingerprint density at radius 1 is 1.26 bits per heavy atom. The zero-order valence-corrected chi connectivity index (χ0v) is 15.1. The minimum atomic E-state index is -0.634. The number of carbonyl (C=O) groups is 2. The van der Waals surface area contributed by atoms with Gasteiger partial charge in [0, 0.05) is 13.1 Å². The minimum Gasteiger partial charge on any atom is -0.459 e. The molecule has 2 atom stereocenters. The van der Waals surface area contributed by atoms with Gasteiger partial charge < -0.3 is 19.1 Å². The number of para-hydroxylation sites is 2. The van der Waals surface area contributed by atoms with Gasteiger partial charge in [0.15, 0.2) is 17.2 Å². The average molecular weight is 367 g/mol. The molecule has 4 rings (SSSR count). The summed E-state index contributed by atoms with van der Waals surface area (Å²) in [7, 11) is 0. The Kier molecular flexibility index (Phi) is 4.66. The summed E-state index contributed by atoms with van der Waals surface area (Å²) >= 11 is 0. The minimum absolute atomic E-state index is 0.0584. The largest absolute Gasteiger partial charge is 0.459 e. The van der Waals surface area contributed by atoms with E-state index in [1.54, 1.807) is 24.0 Å². The first-order valence-corrected chi connectivity index (χ1v) is 9.10. The van der Waals surface area contributed by atoms with Gasteiger partial charge in [0.1, 0.15) is 11.6 Å². The number of carbonyl (C=O) groups excluding carboxylic acids is 2. The first-order chi connectivity index (χ1) is 13.1. The lowest BCUT2D eigenvalue weighted by molar-refractivity contribution is -0.134. The normalized spacial score (nSPS) is 18.4. The lowest BCUT2D eigenvalue weighted by Crippen LogP contribution is -2.49. The number of amides is 2. The van der Waals surface area contributed by atoms with Crippen LogP contribution < -0.4 is 5.32 Å². The molecule has 0 radical (unpaired) electrons. The molecule has 1 aromatic carbocycles. The van der Waals surface area contributed by atoms with Crippen molar-refractivity contribution >= 4 is 22.9 Å². The maximum absolute atomic E-state index is 12.8. The number of fused-ring (bicyclic) bond motifs is 1. The molecule has 3 heterocycles. The molecule has 1 N–H and O–H groups in total. The van der Waals surface area contributed by atoms with Crippen LogP contribution in [-0.2, 0) is 4.79 Å². The summed E-state index contributed by atoms with van der Waals surface area (Å²) in [6, 6.07) is 10.2. The molecule has 1 fully saturated rings. The van der Waals surface area contributed by atoms with Gasteiger partial charge >= 0.3 is 0 Å². The van der Waals surface area contributed by atoms with Crippen LogP contribution in [0.2, 0.25) is 0 Å². The highest BCUT2D eigenvalue weighted by Crippen LogP contribution is 2.29. The van der Waals surface area contributed by atoms with E-state index in [-0.39, 0.29) is 17.6 Å². The van der Waals surface area contributed by atoms with Crippen LogP contribution in [-0.4, -0.2) is 40.8 Å². The van der Waals surface area contributed by atoms with E-state index >= 15 is 0 Å². The summed E-state index contributed by atoms with van der Waals surface area (Å²) in [5.74, 6) is 0.408. The number of nitrogens with one attached hydrogen (secondary N) is 1. The Balaban J connectivity index is 1.42. The van der Waals surface area contributed by atoms with Gasteiger partial charge in [-0.3, -0.25) is 9.59 Å². The van der Waals surface area contributed by atoms with Gasteiger partial charge in [0.05, 0.1) is 12.2 Å². The smallest absolute Gasteiger partial charge is 0.287 e. The van der Waals surface area contributed by atoms with Crippen LogP contribution in [0.25, 0.3) is 11.1 Å². The number of piperidine rings is 1. The molecule has 0 saturated carbocycles. The topological polar surface area (TPSA) is 88.6 Å². The van der Waals surface area contributed by atoms with Gasteiger partial charge in [-0.25, -0.2) is 4.98 Å². The van der Waals surface area contributed by atoms with E-state index in [1.165, 1.54) is 6.26 Å². The first kappa shape index (κ1) is 17.3. The molecule has 0 aliphatic carbocycles. The highest BCUT2D eigenvalue weighted by Gasteiger charge is 2.31. The van der Waals surface area contributed by atoms with Gasteiger partial charge in [0.2, 0.25) is 5.91 Å². The van der Waals surface area contributed by atoms with E-state index in [2.05, 4.69) is 10.3 Å². The zero-order valence-electron chi connectivity index (χ0n) is 15.1. The van der Waals surface area contributed by atoms with Crippen molar-refractivity contribution in [3.63, 3.8) is 0 Å². The average Bonchev–Trinajstić information content (AvgIpc) is 3.37. The van der Waals surface area contributed by atoms with E-state index in [0.717, 1.165) is 23.9 Å². The number of furan rings is 1. The number of benzene rings is 1. The van der Waals surface area contributed by atoms with E-state index in [1.807, 2.05) is 24.3 Å². The number of rotatable bonds is 4. The molecular weight excluding hydrogens is 346 g/mol. The van der Waals surface area contributed by atoms with Crippen LogP contribution >= 0.6 is 0 Å². The summed E-state index contributed by atoms with van der Waals surface area (Å²) in [5, 5.41) is 2.69. The van der Waals surface area contributed by atoms with Crippen LogP contribution in [0.5, 0.6) is 0 Å². The fourth-order valence-electron chi connectivity index (χ4n) is 3.45. The third-order valence-electron chi connectivity index (χ3n) is 4.86. The second kappa shape index (κ2) is 7.26. The fraction of sp³-hybridized carbons (Fsp3) is 0.350. The van der Waals surface area contributed by atoms with Crippen LogP contribution in [0.3, 0.4) is 0 Å². The number of aromatic nitrogens is 1. The molecule has 0 unspecified atom stereocenters. The maximum atomic E-state index is 12.8. The van der Waals surface area contributed by atoms with E-state index < -0.39 is 11.9 Å². The van der Waals surface area contributed by atoms with Crippen LogP contribution in [0.15, 0.2) is 51.5 Å². The number of hydrogen-bond acceptors (Lipinski definition) is 5. The summed E-state index contributed by atoms with van der Waals surface area (Å²) in [4.78, 5) is 31.2. The van der Waals surface area contributed by atoms with Crippen LogP contribution in [0.4, 0.5) is 0 Å². The van der Waals surface area contributed by atoms with Gasteiger partial charge in [-0.05, 0) is 44.0 Å². The van der Waals surface area contributed by atoms with Crippen molar-refractivity contribution in [2.75, 3.05) is 13.1 Å². The van der Waals surface area contributed by atoms with Gasteiger partial charge in [-0.15, -0.1) is 0 Å². The Morgan fingerprint density at radius 2 is 2.11 bits per heavy atom. The molecule has 1 aliphatic rings. The van der Waals surface area contributed by atoms with E-state index in [4.69, 9.17) is 8.83 Å². The number of hydrogen-bond donors (Lipinski definition) is 1. The van der Waals surface area contributed by atoms with Gasteiger partial charge in [-0.1, -0.05) is 12.1 Å². The molecule has 27 heavy (non-hydrogen) atoms. The summed E-state index contributed by atoms with van der Waals surface area (Å²) in [5.41, 5.74) is 1.59. The third-order valence-corrected chi connectivity index (χ3v) is 4.86. The van der Waals surface area contributed by atoms with Crippen LogP contribution in [0.1, 0.15) is 42.1 Å². The quantitative estimate of drug-likeness (QED) is 0.766. The number of likely N-dealkylation sites (tertiary alicyclic amines) is 1. The van der Waals surface area contributed by atoms with Crippen molar-refractivity contribution in [3.05, 3.63) is 54.3 Å².